The first-order valence-corrected chi connectivity index (χ1v) is 7.50. The van der Waals surface area contributed by atoms with Crippen LogP contribution in [0.1, 0.15) is 31.7 Å². The molecule has 1 unspecified atom stereocenters. The van der Waals surface area contributed by atoms with E-state index in [-0.39, 0.29) is 0 Å². The van der Waals surface area contributed by atoms with Crippen molar-refractivity contribution in [2.75, 3.05) is 39.3 Å². The monoisotopic (exact) mass is 262 g/mol. The average molecular weight is 262 g/mol. The van der Waals surface area contributed by atoms with E-state index in [2.05, 4.69) is 42.3 Å². The second-order valence-corrected chi connectivity index (χ2v) is 5.13. The summed E-state index contributed by atoms with van der Waals surface area (Å²) in [4.78, 5) is 2.47. The van der Waals surface area contributed by atoms with Gasteiger partial charge in [0.2, 0.25) is 0 Å². The number of benzene rings is 1. The number of hydrogen-bond acceptors (Lipinski definition) is 3. The molecule has 1 aliphatic rings. The van der Waals surface area contributed by atoms with Crippen LogP contribution in [0.5, 0.6) is 5.75 Å². The van der Waals surface area contributed by atoms with Gasteiger partial charge in [-0.15, -0.1) is 0 Å². The van der Waals surface area contributed by atoms with Crippen molar-refractivity contribution in [1.82, 2.24) is 10.2 Å². The fourth-order valence-electron chi connectivity index (χ4n) is 2.64. The molecule has 0 amide bonds. The first-order chi connectivity index (χ1) is 9.35. The van der Waals surface area contributed by atoms with Crippen molar-refractivity contribution in [2.24, 2.45) is 0 Å². The third kappa shape index (κ3) is 3.95. The lowest BCUT2D eigenvalue weighted by Gasteiger charge is -2.18. The minimum absolute atomic E-state index is 0.518. The lowest BCUT2D eigenvalue weighted by Crippen LogP contribution is -2.29. The molecule has 0 aliphatic carbocycles. The maximum Gasteiger partial charge on any atom is 0.122 e. The first-order valence-electron chi connectivity index (χ1n) is 7.50. The van der Waals surface area contributed by atoms with Gasteiger partial charge in [0.05, 0.1) is 6.61 Å². The number of nitrogens with one attached hydrogen (secondary N) is 1. The van der Waals surface area contributed by atoms with Gasteiger partial charge in [-0.05, 0) is 38.7 Å². The molecule has 1 N–H and O–H groups in total. The van der Waals surface area contributed by atoms with Gasteiger partial charge in [-0.3, -0.25) is 0 Å². The fourth-order valence-corrected chi connectivity index (χ4v) is 2.64. The number of rotatable bonds is 8. The van der Waals surface area contributed by atoms with Crippen molar-refractivity contribution in [3.8, 4) is 5.75 Å². The van der Waals surface area contributed by atoms with Gasteiger partial charge in [0.25, 0.3) is 0 Å². The molecule has 1 aromatic rings. The average Bonchev–Trinajstić information content (AvgIpc) is 2.86. The summed E-state index contributed by atoms with van der Waals surface area (Å²) in [6, 6.07) is 8.39. The van der Waals surface area contributed by atoms with Gasteiger partial charge in [-0.1, -0.05) is 32.0 Å². The van der Waals surface area contributed by atoms with Crippen LogP contribution in [-0.4, -0.2) is 44.2 Å². The number of nitrogens with zero attached hydrogens (tertiary/aromatic N) is 1. The molecule has 19 heavy (non-hydrogen) atoms. The van der Waals surface area contributed by atoms with E-state index in [1.165, 1.54) is 18.5 Å². The SMILES string of the molecule is CCN(CC)CCCNCC1COc2ccccc21. The Morgan fingerprint density at radius 3 is 2.84 bits per heavy atom. The molecule has 1 aromatic carbocycles. The Bertz CT molecular complexity index is 377. The van der Waals surface area contributed by atoms with Gasteiger partial charge in [-0.2, -0.15) is 0 Å². The molecule has 0 spiro atoms. The van der Waals surface area contributed by atoms with E-state index >= 15 is 0 Å². The van der Waals surface area contributed by atoms with E-state index in [9.17, 15) is 0 Å². The molecule has 0 saturated carbocycles. The van der Waals surface area contributed by atoms with E-state index < -0.39 is 0 Å². The molecule has 1 aliphatic heterocycles. The molecule has 3 heteroatoms. The Kier molecular flexibility index (Phi) is 5.67. The zero-order chi connectivity index (χ0) is 13.5. The van der Waals surface area contributed by atoms with Gasteiger partial charge in [0.1, 0.15) is 5.75 Å². The predicted octanol–water partition coefficient (Wildman–Crippen LogP) is 2.48. The molecule has 0 bridgehead atoms. The number of ether oxygens (including phenoxy) is 1. The lowest BCUT2D eigenvalue weighted by atomic mass is 10.0. The van der Waals surface area contributed by atoms with Gasteiger partial charge in [-0.25, -0.2) is 0 Å². The number of para-hydroxylation sites is 1. The van der Waals surface area contributed by atoms with E-state index in [0.29, 0.717) is 5.92 Å². The summed E-state index contributed by atoms with van der Waals surface area (Å²) in [5.41, 5.74) is 1.36. The predicted molar refractivity (Wildman–Crippen MR) is 80.0 cm³/mol. The van der Waals surface area contributed by atoms with Crippen molar-refractivity contribution in [3.05, 3.63) is 29.8 Å². The molecule has 0 saturated heterocycles. The van der Waals surface area contributed by atoms with Crippen LogP contribution in [0.4, 0.5) is 0 Å². The molecule has 2 rings (SSSR count). The van der Waals surface area contributed by atoms with Crippen molar-refractivity contribution in [3.63, 3.8) is 0 Å². The molecule has 0 aromatic heterocycles. The summed E-state index contributed by atoms with van der Waals surface area (Å²) in [5, 5.41) is 3.57. The van der Waals surface area contributed by atoms with Crippen LogP contribution < -0.4 is 10.1 Å². The minimum Gasteiger partial charge on any atom is -0.493 e. The molecule has 0 radical (unpaired) electrons. The molecule has 1 atom stereocenters. The van der Waals surface area contributed by atoms with Crippen LogP contribution in [0.15, 0.2) is 24.3 Å². The Morgan fingerprint density at radius 1 is 1.26 bits per heavy atom. The second-order valence-electron chi connectivity index (χ2n) is 5.13. The molecule has 3 nitrogen and oxygen atoms in total. The third-order valence-electron chi connectivity index (χ3n) is 3.91. The van der Waals surface area contributed by atoms with Crippen molar-refractivity contribution < 1.29 is 4.74 Å². The molecule has 0 fully saturated rings. The highest BCUT2D eigenvalue weighted by Crippen LogP contribution is 2.32. The first kappa shape index (κ1) is 14.4. The zero-order valence-electron chi connectivity index (χ0n) is 12.2. The lowest BCUT2D eigenvalue weighted by molar-refractivity contribution is 0.295. The summed E-state index contributed by atoms with van der Waals surface area (Å²) in [5.74, 6) is 1.59. The Labute approximate surface area is 116 Å². The summed E-state index contributed by atoms with van der Waals surface area (Å²) >= 11 is 0. The Hall–Kier alpha value is -1.06. The van der Waals surface area contributed by atoms with Crippen LogP contribution in [0, 0.1) is 0 Å². The minimum atomic E-state index is 0.518. The van der Waals surface area contributed by atoms with Crippen LogP contribution in [-0.2, 0) is 0 Å². The summed E-state index contributed by atoms with van der Waals surface area (Å²) in [6.45, 7) is 10.9. The maximum atomic E-state index is 5.69. The summed E-state index contributed by atoms with van der Waals surface area (Å²) in [7, 11) is 0. The largest absolute Gasteiger partial charge is 0.493 e. The van der Waals surface area contributed by atoms with Crippen LogP contribution in [0.3, 0.4) is 0 Å². The quantitative estimate of drug-likeness (QED) is 0.728. The summed E-state index contributed by atoms with van der Waals surface area (Å²) in [6.07, 6.45) is 1.22. The van der Waals surface area contributed by atoms with Crippen molar-refractivity contribution in [2.45, 2.75) is 26.2 Å². The third-order valence-corrected chi connectivity index (χ3v) is 3.91. The molecular formula is C16H26N2O. The topological polar surface area (TPSA) is 24.5 Å². The van der Waals surface area contributed by atoms with E-state index in [4.69, 9.17) is 4.74 Å². The van der Waals surface area contributed by atoms with Crippen molar-refractivity contribution in [1.29, 1.82) is 0 Å². The standard InChI is InChI=1S/C16H26N2O/c1-3-18(4-2)11-7-10-17-12-14-13-19-16-9-6-5-8-15(14)16/h5-6,8-9,14,17H,3-4,7,10-13H2,1-2H3. The van der Waals surface area contributed by atoms with E-state index in [0.717, 1.165) is 38.5 Å². The van der Waals surface area contributed by atoms with Crippen molar-refractivity contribution >= 4 is 0 Å². The fraction of sp³-hybridized carbons (Fsp3) is 0.625. The van der Waals surface area contributed by atoms with Crippen LogP contribution >= 0.6 is 0 Å². The Morgan fingerprint density at radius 2 is 2.05 bits per heavy atom. The summed E-state index contributed by atoms with van der Waals surface area (Å²) < 4.78 is 5.69. The normalized spacial score (nSPS) is 17.5. The van der Waals surface area contributed by atoms with Gasteiger partial charge in [0, 0.05) is 18.0 Å². The molecule has 1 heterocycles. The van der Waals surface area contributed by atoms with Crippen LogP contribution in [0.2, 0.25) is 0 Å². The highest BCUT2D eigenvalue weighted by molar-refractivity contribution is 5.39. The van der Waals surface area contributed by atoms with Gasteiger partial charge < -0.3 is 15.0 Å². The molecular weight excluding hydrogens is 236 g/mol. The van der Waals surface area contributed by atoms with Gasteiger partial charge in [0.15, 0.2) is 0 Å². The van der Waals surface area contributed by atoms with Crippen LogP contribution in [0.25, 0.3) is 0 Å². The second kappa shape index (κ2) is 7.51. The highest BCUT2D eigenvalue weighted by atomic mass is 16.5. The zero-order valence-corrected chi connectivity index (χ0v) is 12.2. The number of fused-ring (bicyclic) bond motifs is 1. The Balaban J connectivity index is 1.65. The van der Waals surface area contributed by atoms with E-state index in [1.54, 1.807) is 0 Å². The number of hydrogen-bond donors (Lipinski definition) is 1. The van der Waals surface area contributed by atoms with Gasteiger partial charge >= 0.3 is 0 Å². The smallest absolute Gasteiger partial charge is 0.122 e. The maximum absolute atomic E-state index is 5.69. The van der Waals surface area contributed by atoms with E-state index in [1.807, 2.05) is 6.07 Å². The highest BCUT2D eigenvalue weighted by Gasteiger charge is 2.22. The molecule has 106 valence electrons.